The summed E-state index contributed by atoms with van der Waals surface area (Å²) in [6, 6.07) is 0. The molecule has 0 aromatic carbocycles. The molecular formula is C3H9S2+. The Hall–Kier alpha value is 0.570. The van der Waals surface area contributed by atoms with E-state index in [9.17, 15) is 0 Å². The molecule has 0 bridgehead atoms. The van der Waals surface area contributed by atoms with E-state index in [4.69, 9.17) is 0 Å². The summed E-state index contributed by atoms with van der Waals surface area (Å²) in [4.78, 5) is 0. The van der Waals surface area contributed by atoms with E-state index in [0.29, 0.717) is 0 Å². The quantitative estimate of drug-likeness (QED) is 0.206. The zero-order chi connectivity index (χ0) is 4.28. The van der Waals surface area contributed by atoms with Crippen LogP contribution in [0, 0.1) is 0 Å². The van der Waals surface area contributed by atoms with Crippen LogP contribution in [0.25, 0.3) is 0 Å². The minimum atomic E-state index is 0.0684. The van der Waals surface area contributed by atoms with Crippen LogP contribution >= 0.6 is 10.8 Å². The molecule has 0 aliphatic heterocycles. The second-order valence-electron chi connectivity index (χ2n) is 0.810. The van der Waals surface area contributed by atoms with Gasteiger partial charge in [-0.3, -0.25) is 0 Å². The summed E-state index contributed by atoms with van der Waals surface area (Å²) < 4.78 is 0. The van der Waals surface area contributed by atoms with E-state index < -0.39 is 0 Å². The molecule has 0 amide bonds. The Morgan fingerprint density at radius 1 is 1.80 bits per heavy atom. The molecule has 2 heteroatoms. The molecule has 5 heavy (non-hydrogen) atoms. The van der Waals surface area contributed by atoms with Crippen LogP contribution in [0.4, 0.5) is 0 Å². The summed E-state index contributed by atoms with van der Waals surface area (Å²) in [5, 5.41) is 0. The van der Waals surface area contributed by atoms with Crippen molar-refractivity contribution in [1.29, 1.82) is 0 Å². The van der Waals surface area contributed by atoms with E-state index >= 15 is 0 Å². The highest BCUT2D eigenvalue weighted by molar-refractivity contribution is 8.71. The van der Waals surface area contributed by atoms with Gasteiger partial charge in [0, 0.05) is 17.0 Å². The fraction of sp³-hybridized carbons (Fsp3) is 0.667. The summed E-state index contributed by atoms with van der Waals surface area (Å²) in [5.74, 6) is 3.78. The molecule has 0 N–H and O–H groups in total. The van der Waals surface area contributed by atoms with Gasteiger partial charge in [-0.25, -0.2) is 0 Å². The minimum absolute atomic E-state index is 0.0684. The lowest BCUT2D eigenvalue weighted by molar-refractivity contribution is 2.49. The third-order valence-electron chi connectivity index (χ3n) is 0.312. The largest absolute Gasteiger partial charge is 0.0867 e. The SMILES string of the molecule is C=[SH+](C)SC. The van der Waals surface area contributed by atoms with Crippen molar-refractivity contribution < 1.29 is 0 Å². The molecule has 0 radical (unpaired) electrons. The predicted molar refractivity (Wildman–Crippen MR) is 35.3 cm³/mol. The van der Waals surface area contributed by atoms with Gasteiger partial charge in [0.15, 0.2) is 0 Å². The van der Waals surface area contributed by atoms with Gasteiger partial charge >= 0.3 is 0 Å². The van der Waals surface area contributed by atoms with E-state index in [2.05, 4.69) is 18.4 Å². The number of hydrogen-bond acceptors (Lipinski definition) is 1. The zero-order valence-corrected chi connectivity index (χ0v) is 5.27. The van der Waals surface area contributed by atoms with Gasteiger partial charge in [0.1, 0.15) is 0 Å². The van der Waals surface area contributed by atoms with Crippen molar-refractivity contribution in [1.82, 2.24) is 0 Å². The Labute approximate surface area is 39.3 Å². The monoisotopic (exact) mass is 109 g/mol. The fourth-order valence-electron chi connectivity index (χ4n) is 0. The van der Waals surface area contributed by atoms with Crippen molar-refractivity contribution >= 4 is 26.2 Å². The summed E-state index contributed by atoms with van der Waals surface area (Å²) in [6.45, 7) is 0. The number of rotatable bonds is 1. The molecule has 0 fully saturated rings. The lowest BCUT2D eigenvalue weighted by Gasteiger charge is -1.74. The Morgan fingerprint density at radius 3 is 2.00 bits per heavy atom. The van der Waals surface area contributed by atoms with E-state index in [1.54, 1.807) is 0 Å². The lowest BCUT2D eigenvalue weighted by Crippen LogP contribution is -1.66. The average Bonchev–Trinajstić information content (AvgIpc) is 1.38. The van der Waals surface area contributed by atoms with Crippen LogP contribution in [-0.2, 0) is 9.52 Å². The standard InChI is InChI=1S/C3H8S2/c1-4-5(2)3/h2H2,1,3H3/p+1. The molecule has 0 saturated heterocycles. The molecule has 0 aromatic rings. The van der Waals surface area contributed by atoms with Crippen LogP contribution in [0.1, 0.15) is 0 Å². The molecule has 0 saturated carbocycles. The molecule has 0 aliphatic rings. The Kier molecular flexibility index (Phi) is 3.11. The van der Waals surface area contributed by atoms with E-state index in [-0.39, 0.29) is 9.52 Å². The van der Waals surface area contributed by atoms with Crippen molar-refractivity contribution in [2.24, 2.45) is 0 Å². The van der Waals surface area contributed by atoms with Crippen LogP contribution < -0.4 is 0 Å². The van der Waals surface area contributed by atoms with Gasteiger partial charge in [0.05, 0.1) is 12.1 Å². The molecule has 32 valence electrons. The maximum Gasteiger partial charge on any atom is 0.0724 e. The average molecular weight is 109 g/mol. The van der Waals surface area contributed by atoms with Crippen molar-refractivity contribution in [3.8, 4) is 0 Å². The van der Waals surface area contributed by atoms with Crippen LogP contribution in [0.15, 0.2) is 0 Å². The van der Waals surface area contributed by atoms with Gasteiger partial charge in [0.25, 0.3) is 0 Å². The van der Waals surface area contributed by atoms with Gasteiger partial charge in [-0.1, -0.05) is 9.52 Å². The fourth-order valence-corrected chi connectivity index (χ4v) is 0. The van der Waals surface area contributed by atoms with Crippen molar-refractivity contribution in [3.63, 3.8) is 0 Å². The van der Waals surface area contributed by atoms with Gasteiger partial charge in [0.2, 0.25) is 0 Å². The molecule has 1 unspecified atom stereocenters. The maximum atomic E-state index is 3.78. The molecule has 0 spiro atoms. The second-order valence-corrected chi connectivity index (χ2v) is 5.40. The molecule has 0 aliphatic carbocycles. The lowest BCUT2D eigenvalue weighted by atomic mass is 11.9. The Morgan fingerprint density at radius 2 is 2.00 bits per heavy atom. The Balaban J connectivity index is 2.85. The first-order valence-electron chi connectivity index (χ1n) is 1.35. The first kappa shape index (κ1) is 5.57. The highest BCUT2D eigenvalue weighted by atomic mass is 33.1. The van der Waals surface area contributed by atoms with Crippen LogP contribution in [-0.4, -0.2) is 18.4 Å². The highest BCUT2D eigenvalue weighted by Gasteiger charge is 1.73. The molecule has 0 heterocycles. The topological polar surface area (TPSA) is 0 Å². The first-order chi connectivity index (χ1) is 2.27. The normalized spacial score (nSPS) is 14.8. The summed E-state index contributed by atoms with van der Waals surface area (Å²) in [7, 11) is 1.90. The van der Waals surface area contributed by atoms with Crippen LogP contribution in [0.3, 0.4) is 0 Å². The summed E-state index contributed by atoms with van der Waals surface area (Å²) in [5.41, 5.74) is 0. The second kappa shape index (κ2) is 2.79. The number of thiol groups is 1. The van der Waals surface area contributed by atoms with Crippen molar-refractivity contribution in [2.45, 2.75) is 0 Å². The smallest absolute Gasteiger partial charge is 0.0724 e. The third kappa shape index (κ3) is 4.57. The zero-order valence-electron chi connectivity index (χ0n) is 3.56. The highest BCUT2D eigenvalue weighted by Crippen LogP contribution is 1.93. The maximum absolute atomic E-state index is 3.78. The van der Waals surface area contributed by atoms with Crippen LogP contribution in [0.5, 0.6) is 0 Å². The van der Waals surface area contributed by atoms with Gasteiger partial charge < -0.3 is 0 Å². The van der Waals surface area contributed by atoms with E-state index in [0.717, 1.165) is 0 Å². The Bertz CT molecular complexity index is 40.2. The van der Waals surface area contributed by atoms with Crippen molar-refractivity contribution in [3.05, 3.63) is 0 Å². The first-order valence-corrected chi connectivity index (χ1v) is 5.16. The predicted octanol–water partition coefficient (Wildman–Crippen LogP) is 0.677. The van der Waals surface area contributed by atoms with Crippen molar-refractivity contribution in [2.75, 3.05) is 12.5 Å². The molecule has 0 rings (SSSR count). The summed E-state index contributed by atoms with van der Waals surface area (Å²) >= 11 is 0. The number of hydrogen-bond donors (Lipinski definition) is 0. The van der Waals surface area contributed by atoms with Gasteiger partial charge in [-0.05, 0) is 0 Å². The van der Waals surface area contributed by atoms with Gasteiger partial charge in [-0.15, -0.1) is 0 Å². The molecular weight excluding hydrogens is 100 g/mol. The molecule has 0 aromatic heterocycles. The third-order valence-corrected chi connectivity index (χ3v) is 2.81. The van der Waals surface area contributed by atoms with E-state index in [1.165, 1.54) is 0 Å². The minimum Gasteiger partial charge on any atom is -0.0867 e. The molecule has 0 nitrogen and oxygen atoms in total. The molecule has 1 atom stereocenters. The van der Waals surface area contributed by atoms with E-state index in [1.807, 2.05) is 10.8 Å². The van der Waals surface area contributed by atoms with Gasteiger partial charge in [-0.2, -0.15) is 0 Å². The summed E-state index contributed by atoms with van der Waals surface area (Å²) in [6.07, 6.45) is 4.22. The van der Waals surface area contributed by atoms with Crippen LogP contribution in [0.2, 0.25) is 0 Å².